The van der Waals surface area contributed by atoms with Crippen LogP contribution in [0.1, 0.15) is 0 Å². The molecule has 1 aromatic rings. The molecule has 0 aliphatic heterocycles. The minimum Gasteiger partial charge on any atom is -0.465 e. The normalized spacial score (nSPS) is 9.50. The average molecular weight is 231 g/mol. The van der Waals surface area contributed by atoms with Crippen molar-refractivity contribution in [1.29, 1.82) is 0 Å². The Bertz CT molecular complexity index is 303. The van der Waals surface area contributed by atoms with Gasteiger partial charge in [0.15, 0.2) is 0 Å². The highest BCUT2D eigenvalue weighted by atomic mass is 79.9. The van der Waals surface area contributed by atoms with Crippen molar-refractivity contribution in [2.24, 2.45) is 0 Å². The summed E-state index contributed by atoms with van der Waals surface area (Å²) in [6.07, 6.45) is 0.513. The number of carbonyl (C=O) groups is 1. The molecule has 0 saturated heterocycles. The van der Waals surface area contributed by atoms with Crippen LogP contribution < -0.4 is 4.90 Å². The van der Waals surface area contributed by atoms with Gasteiger partial charge < -0.3 is 5.11 Å². The van der Waals surface area contributed by atoms with E-state index in [-0.39, 0.29) is 0 Å². The third kappa shape index (κ3) is 1.94. The third-order valence-corrected chi connectivity index (χ3v) is 1.83. The molecule has 12 heavy (non-hydrogen) atoms. The maximum absolute atomic E-state index is 10.5. The van der Waals surface area contributed by atoms with Crippen molar-refractivity contribution in [3.8, 4) is 0 Å². The lowest BCUT2D eigenvalue weighted by atomic mass is 10.4. The van der Waals surface area contributed by atoms with Crippen molar-refractivity contribution in [3.05, 3.63) is 22.8 Å². The third-order valence-electron chi connectivity index (χ3n) is 1.34. The number of aromatic nitrogens is 1. The van der Waals surface area contributed by atoms with Gasteiger partial charge in [-0.05, 0) is 12.1 Å². The maximum Gasteiger partial charge on any atom is 0.412 e. The molecule has 1 rings (SSSR count). The lowest BCUT2D eigenvalue weighted by Crippen LogP contribution is -2.24. The number of carboxylic acid groups (broad SMARTS) is 1. The minimum absolute atomic E-state index is 0.400. The van der Waals surface area contributed by atoms with Crippen LogP contribution in [0, 0.1) is 0 Å². The van der Waals surface area contributed by atoms with Gasteiger partial charge in [0.2, 0.25) is 0 Å². The van der Waals surface area contributed by atoms with Crippen LogP contribution in [0.3, 0.4) is 0 Å². The number of nitrogens with zero attached hydrogens (tertiary/aromatic N) is 2. The summed E-state index contributed by atoms with van der Waals surface area (Å²) in [4.78, 5) is 15.4. The highest BCUT2D eigenvalue weighted by molar-refractivity contribution is 9.10. The molecule has 0 spiro atoms. The van der Waals surface area contributed by atoms with Crippen molar-refractivity contribution in [1.82, 2.24) is 4.98 Å². The monoisotopic (exact) mass is 230 g/mol. The number of halogens is 1. The Morgan fingerprint density at radius 1 is 1.75 bits per heavy atom. The van der Waals surface area contributed by atoms with E-state index < -0.39 is 6.09 Å². The van der Waals surface area contributed by atoms with Crippen molar-refractivity contribution in [2.45, 2.75) is 0 Å². The molecule has 1 N–H and O–H groups in total. The van der Waals surface area contributed by atoms with E-state index in [1.54, 1.807) is 18.3 Å². The summed E-state index contributed by atoms with van der Waals surface area (Å²) in [5, 5.41) is 8.60. The number of amides is 1. The van der Waals surface area contributed by atoms with E-state index in [1.165, 1.54) is 7.05 Å². The molecule has 1 aromatic heterocycles. The molecule has 1 amide bonds. The number of hydrogen-bond donors (Lipinski definition) is 1. The molecule has 0 bridgehead atoms. The zero-order chi connectivity index (χ0) is 9.14. The Balaban J connectivity index is 2.95. The molecule has 0 atom stereocenters. The molecule has 0 unspecified atom stereocenters. The van der Waals surface area contributed by atoms with Crippen LogP contribution >= 0.6 is 15.9 Å². The van der Waals surface area contributed by atoms with Crippen LogP contribution in [0.25, 0.3) is 0 Å². The topological polar surface area (TPSA) is 53.4 Å². The van der Waals surface area contributed by atoms with Crippen molar-refractivity contribution < 1.29 is 9.90 Å². The van der Waals surface area contributed by atoms with Gasteiger partial charge in [-0.3, -0.25) is 4.90 Å². The quantitative estimate of drug-likeness (QED) is 0.803. The lowest BCUT2D eigenvalue weighted by molar-refractivity contribution is 0.203. The summed E-state index contributed by atoms with van der Waals surface area (Å²) in [6.45, 7) is 0. The predicted octanol–water partition coefficient (Wildman–Crippen LogP) is 1.96. The standard InChI is InChI=1S/C7H7BrN2O2/c1-10(7(11)12)6-4-5(8)2-3-9-6/h2-4H,1H3,(H,11,12). The summed E-state index contributed by atoms with van der Waals surface area (Å²) in [5.74, 6) is 0.400. The zero-order valence-electron chi connectivity index (χ0n) is 6.36. The second kappa shape index (κ2) is 3.53. The largest absolute Gasteiger partial charge is 0.465 e. The van der Waals surface area contributed by atoms with E-state index in [0.29, 0.717) is 5.82 Å². The highest BCUT2D eigenvalue weighted by Crippen LogP contribution is 2.15. The van der Waals surface area contributed by atoms with Gasteiger partial charge in [0.25, 0.3) is 0 Å². The number of hydrogen-bond acceptors (Lipinski definition) is 2. The molecular formula is C7H7BrN2O2. The van der Waals surface area contributed by atoms with Gasteiger partial charge in [-0.2, -0.15) is 0 Å². The SMILES string of the molecule is CN(C(=O)O)c1cc(Br)ccn1. The molecule has 0 aromatic carbocycles. The smallest absolute Gasteiger partial charge is 0.412 e. The summed E-state index contributed by atoms with van der Waals surface area (Å²) in [7, 11) is 1.44. The van der Waals surface area contributed by atoms with E-state index in [2.05, 4.69) is 20.9 Å². The summed E-state index contributed by atoms with van der Waals surface area (Å²) in [6, 6.07) is 3.37. The number of rotatable bonds is 1. The van der Waals surface area contributed by atoms with Crippen LogP contribution in [0.15, 0.2) is 22.8 Å². The highest BCUT2D eigenvalue weighted by Gasteiger charge is 2.08. The number of pyridine rings is 1. The average Bonchev–Trinajstić information content (AvgIpc) is 2.03. The molecule has 0 radical (unpaired) electrons. The first-order valence-corrected chi connectivity index (χ1v) is 3.99. The number of anilines is 1. The molecule has 0 saturated carbocycles. The van der Waals surface area contributed by atoms with Gasteiger partial charge in [0.1, 0.15) is 5.82 Å². The Kier molecular flexibility index (Phi) is 2.65. The Morgan fingerprint density at radius 2 is 2.42 bits per heavy atom. The van der Waals surface area contributed by atoms with Crippen LogP contribution in [-0.4, -0.2) is 23.2 Å². The molecule has 1 heterocycles. The van der Waals surface area contributed by atoms with Crippen LogP contribution in [-0.2, 0) is 0 Å². The Morgan fingerprint density at radius 3 is 2.92 bits per heavy atom. The van der Waals surface area contributed by atoms with Crippen molar-refractivity contribution in [3.63, 3.8) is 0 Å². The van der Waals surface area contributed by atoms with Crippen LogP contribution in [0.2, 0.25) is 0 Å². The van der Waals surface area contributed by atoms with E-state index in [0.717, 1.165) is 9.37 Å². The Labute approximate surface area is 78.0 Å². The molecule has 5 heteroatoms. The first-order valence-electron chi connectivity index (χ1n) is 3.19. The fraction of sp³-hybridized carbons (Fsp3) is 0.143. The van der Waals surface area contributed by atoms with E-state index in [1.807, 2.05) is 0 Å². The zero-order valence-corrected chi connectivity index (χ0v) is 7.95. The van der Waals surface area contributed by atoms with Gasteiger partial charge in [-0.15, -0.1) is 0 Å². The van der Waals surface area contributed by atoms with Crippen LogP contribution in [0.4, 0.5) is 10.6 Å². The van der Waals surface area contributed by atoms with Gasteiger partial charge in [-0.25, -0.2) is 9.78 Å². The van der Waals surface area contributed by atoms with Gasteiger partial charge in [0, 0.05) is 17.7 Å². The van der Waals surface area contributed by atoms with E-state index in [9.17, 15) is 4.79 Å². The summed E-state index contributed by atoms with van der Waals surface area (Å²) in [5.41, 5.74) is 0. The Hall–Kier alpha value is -1.10. The summed E-state index contributed by atoms with van der Waals surface area (Å²) < 4.78 is 0.806. The molecular weight excluding hydrogens is 224 g/mol. The molecule has 4 nitrogen and oxygen atoms in total. The molecule has 0 fully saturated rings. The van der Waals surface area contributed by atoms with E-state index in [4.69, 9.17) is 5.11 Å². The minimum atomic E-state index is -1.03. The first-order chi connectivity index (χ1) is 5.61. The lowest BCUT2D eigenvalue weighted by Gasteiger charge is -2.10. The van der Waals surface area contributed by atoms with Gasteiger partial charge in [0.05, 0.1) is 0 Å². The summed E-state index contributed by atoms with van der Waals surface area (Å²) >= 11 is 3.22. The first kappa shape index (κ1) is 8.99. The van der Waals surface area contributed by atoms with Gasteiger partial charge >= 0.3 is 6.09 Å². The molecule has 0 aliphatic rings. The fourth-order valence-corrected chi connectivity index (χ4v) is 0.998. The maximum atomic E-state index is 10.5. The van der Waals surface area contributed by atoms with Gasteiger partial charge in [-0.1, -0.05) is 15.9 Å². The fourth-order valence-electron chi connectivity index (χ4n) is 0.675. The van der Waals surface area contributed by atoms with Crippen LogP contribution in [0.5, 0.6) is 0 Å². The van der Waals surface area contributed by atoms with Crippen molar-refractivity contribution >= 4 is 27.8 Å². The molecule has 64 valence electrons. The van der Waals surface area contributed by atoms with E-state index >= 15 is 0 Å². The second-order valence-electron chi connectivity index (χ2n) is 2.17. The second-order valence-corrected chi connectivity index (χ2v) is 3.09. The van der Waals surface area contributed by atoms with Crippen molar-refractivity contribution in [2.75, 3.05) is 11.9 Å². The molecule has 0 aliphatic carbocycles. The predicted molar refractivity (Wildman–Crippen MR) is 48.4 cm³/mol.